The second-order valence-corrected chi connectivity index (χ2v) is 23.8. The molecular formula is C74H134O6. The molecule has 0 rings (SSSR count). The van der Waals surface area contributed by atoms with Crippen LogP contribution in [0.15, 0.2) is 60.8 Å². The van der Waals surface area contributed by atoms with Gasteiger partial charge in [0, 0.05) is 19.3 Å². The Morgan fingerprint density at radius 3 is 0.738 bits per heavy atom. The highest BCUT2D eigenvalue weighted by Gasteiger charge is 2.19. The molecule has 466 valence electrons. The lowest BCUT2D eigenvalue weighted by Crippen LogP contribution is -2.30. The molecule has 0 radical (unpaired) electrons. The van der Waals surface area contributed by atoms with Gasteiger partial charge in [0.1, 0.15) is 13.2 Å². The Labute approximate surface area is 498 Å². The number of allylic oxidation sites excluding steroid dienone is 10. The minimum absolute atomic E-state index is 0.0788. The summed E-state index contributed by atoms with van der Waals surface area (Å²) >= 11 is 0. The quantitative estimate of drug-likeness (QED) is 0.0261. The minimum Gasteiger partial charge on any atom is -0.462 e. The summed E-state index contributed by atoms with van der Waals surface area (Å²) in [6, 6.07) is 0. The van der Waals surface area contributed by atoms with Crippen LogP contribution in [-0.4, -0.2) is 37.2 Å². The van der Waals surface area contributed by atoms with E-state index in [4.69, 9.17) is 14.2 Å². The predicted molar refractivity (Wildman–Crippen MR) is 348 cm³/mol. The monoisotopic (exact) mass is 1120 g/mol. The Morgan fingerprint density at radius 1 is 0.250 bits per heavy atom. The van der Waals surface area contributed by atoms with Crippen molar-refractivity contribution in [2.75, 3.05) is 13.2 Å². The van der Waals surface area contributed by atoms with Gasteiger partial charge in [0.25, 0.3) is 0 Å². The molecule has 1 unspecified atom stereocenters. The van der Waals surface area contributed by atoms with Gasteiger partial charge in [0.15, 0.2) is 6.10 Å². The predicted octanol–water partition coefficient (Wildman–Crippen LogP) is 24.3. The summed E-state index contributed by atoms with van der Waals surface area (Å²) in [5.41, 5.74) is 0. The van der Waals surface area contributed by atoms with Crippen molar-refractivity contribution in [1.82, 2.24) is 0 Å². The lowest BCUT2D eigenvalue weighted by atomic mass is 10.0. The Hall–Kier alpha value is -2.89. The van der Waals surface area contributed by atoms with Crippen molar-refractivity contribution < 1.29 is 28.6 Å². The number of unbranched alkanes of at least 4 members (excludes halogenated alkanes) is 44. The number of esters is 3. The molecule has 0 aliphatic rings. The van der Waals surface area contributed by atoms with Gasteiger partial charge in [-0.25, -0.2) is 0 Å². The second-order valence-electron chi connectivity index (χ2n) is 23.8. The van der Waals surface area contributed by atoms with E-state index >= 15 is 0 Å². The summed E-state index contributed by atoms with van der Waals surface area (Å²) < 4.78 is 17.0. The highest BCUT2D eigenvalue weighted by atomic mass is 16.6. The van der Waals surface area contributed by atoms with Gasteiger partial charge in [0.2, 0.25) is 0 Å². The average molecular weight is 1120 g/mol. The van der Waals surface area contributed by atoms with Gasteiger partial charge in [-0.2, -0.15) is 0 Å². The molecular weight excluding hydrogens is 985 g/mol. The van der Waals surface area contributed by atoms with Crippen LogP contribution in [0.5, 0.6) is 0 Å². The van der Waals surface area contributed by atoms with Gasteiger partial charge in [-0.05, 0) is 89.9 Å². The summed E-state index contributed by atoms with van der Waals surface area (Å²) in [7, 11) is 0. The summed E-state index contributed by atoms with van der Waals surface area (Å²) in [5.74, 6) is -0.876. The summed E-state index contributed by atoms with van der Waals surface area (Å²) in [4.78, 5) is 38.5. The number of rotatable bonds is 65. The van der Waals surface area contributed by atoms with Crippen molar-refractivity contribution in [3.05, 3.63) is 60.8 Å². The van der Waals surface area contributed by atoms with Crippen LogP contribution in [0.4, 0.5) is 0 Å². The first-order chi connectivity index (χ1) is 39.5. The summed E-state index contributed by atoms with van der Waals surface area (Å²) in [6.45, 7) is 6.64. The molecule has 0 N–H and O–H groups in total. The molecule has 0 aliphatic heterocycles. The van der Waals surface area contributed by atoms with E-state index in [1.165, 1.54) is 238 Å². The molecule has 0 amide bonds. The fourth-order valence-electron chi connectivity index (χ4n) is 10.4. The maximum Gasteiger partial charge on any atom is 0.306 e. The van der Waals surface area contributed by atoms with Crippen LogP contribution >= 0.6 is 0 Å². The van der Waals surface area contributed by atoms with Crippen LogP contribution in [0.1, 0.15) is 374 Å². The summed E-state index contributed by atoms with van der Waals surface area (Å²) in [6.07, 6.45) is 88.1. The molecule has 0 fully saturated rings. The first kappa shape index (κ1) is 77.1. The van der Waals surface area contributed by atoms with Crippen molar-refractivity contribution in [3.8, 4) is 0 Å². The number of carbonyl (C=O) groups excluding carboxylic acids is 3. The number of carbonyl (C=O) groups is 3. The zero-order chi connectivity index (χ0) is 57.8. The lowest BCUT2D eigenvalue weighted by Gasteiger charge is -2.18. The molecule has 0 aromatic heterocycles. The highest BCUT2D eigenvalue weighted by Crippen LogP contribution is 2.18. The third-order valence-electron chi connectivity index (χ3n) is 15.7. The van der Waals surface area contributed by atoms with Crippen LogP contribution in [0.3, 0.4) is 0 Å². The van der Waals surface area contributed by atoms with E-state index in [0.29, 0.717) is 19.3 Å². The van der Waals surface area contributed by atoms with Crippen molar-refractivity contribution in [2.24, 2.45) is 0 Å². The Kier molecular flexibility index (Phi) is 66.1. The van der Waals surface area contributed by atoms with E-state index in [1.54, 1.807) is 0 Å². The van der Waals surface area contributed by atoms with Gasteiger partial charge in [0.05, 0.1) is 0 Å². The molecule has 0 saturated carbocycles. The normalized spacial score (nSPS) is 12.4. The van der Waals surface area contributed by atoms with E-state index in [9.17, 15) is 14.4 Å². The standard InChI is InChI=1S/C74H134O6/c1-4-7-10-13-16-19-22-25-28-31-34-35-36-37-38-39-41-43-46-49-52-55-58-61-64-67-73(76)79-70-71(69-78-72(75)66-63-60-57-54-51-48-45-42-33-30-27-24-21-18-15-12-9-6-3)80-74(77)68-65-62-59-56-53-50-47-44-40-32-29-26-23-20-17-14-11-8-5-2/h17,20-21,24,26,29-30,33,40,44,71H,4-16,18-19,22-23,25,27-28,31-32,34-39,41-43,45-70H2,1-3H3/b20-17-,24-21-,29-26-,33-30-,44-40-. The van der Waals surface area contributed by atoms with Crippen molar-refractivity contribution in [2.45, 2.75) is 380 Å². The number of hydrogen-bond acceptors (Lipinski definition) is 6. The number of hydrogen-bond donors (Lipinski definition) is 0. The van der Waals surface area contributed by atoms with E-state index in [0.717, 1.165) is 96.3 Å². The molecule has 0 aliphatic carbocycles. The molecule has 0 spiro atoms. The van der Waals surface area contributed by atoms with Crippen molar-refractivity contribution >= 4 is 17.9 Å². The van der Waals surface area contributed by atoms with E-state index < -0.39 is 6.10 Å². The second kappa shape index (κ2) is 68.6. The first-order valence-electron chi connectivity index (χ1n) is 35.3. The number of ether oxygens (including phenoxy) is 3. The maximum absolute atomic E-state index is 12.9. The van der Waals surface area contributed by atoms with Gasteiger partial charge in [-0.1, -0.05) is 326 Å². The molecule has 80 heavy (non-hydrogen) atoms. The Morgan fingerprint density at radius 2 is 0.450 bits per heavy atom. The van der Waals surface area contributed by atoms with Crippen LogP contribution in [-0.2, 0) is 28.6 Å². The van der Waals surface area contributed by atoms with Gasteiger partial charge in [-0.15, -0.1) is 0 Å². The van der Waals surface area contributed by atoms with Crippen molar-refractivity contribution in [1.29, 1.82) is 0 Å². The van der Waals surface area contributed by atoms with Crippen molar-refractivity contribution in [3.63, 3.8) is 0 Å². The molecule has 0 saturated heterocycles. The van der Waals surface area contributed by atoms with Gasteiger partial charge >= 0.3 is 17.9 Å². The summed E-state index contributed by atoms with van der Waals surface area (Å²) in [5, 5.41) is 0. The van der Waals surface area contributed by atoms with Gasteiger partial charge in [-0.3, -0.25) is 14.4 Å². The molecule has 6 heteroatoms. The Bertz CT molecular complexity index is 1430. The van der Waals surface area contributed by atoms with E-state index in [-0.39, 0.29) is 31.1 Å². The maximum atomic E-state index is 12.9. The Balaban J connectivity index is 4.33. The van der Waals surface area contributed by atoms with Crippen LogP contribution < -0.4 is 0 Å². The first-order valence-corrected chi connectivity index (χ1v) is 35.3. The molecule has 1 atom stereocenters. The fourth-order valence-corrected chi connectivity index (χ4v) is 10.4. The molecule has 0 aromatic rings. The van der Waals surface area contributed by atoms with Crippen LogP contribution in [0.25, 0.3) is 0 Å². The average Bonchev–Trinajstić information content (AvgIpc) is 3.46. The lowest BCUT2D eigenvalue weighted by molar-refractivity contribution is -0.167. The molecule has 0 aromatic carbocycles. The third kappa shape index (κ3) is 65.9. The smallest absolute Gasteiger partial charge is 0.306 e. The van der Waals surface area contributed by atoms with E-state index in [2.05, 4.69) is 81.5 Å². The highest BCUT2D eigenvalue weighted by molar-refractivity contribution is 5.71. The molecule has 0 heterocycles. The molecule has 6 nitrogen and oxygen atoms in total. The minimum atomic E-state index is -0.785. The zero-order valence-electron chi connectivity index (χ0n) is 53.6. The van der Waals surface area contributed by atoms with Gasteiger partial charge < -0.3 is 14.2 Å². The topological polar surface area (TPSA) is 78.9 Å². The largest absolute Gasteiger partial charge is 0.462 e. The zero-order valence-corrected chi connectivity index (χ0v) is 53.6. The van der Waals surface area contributed by atoms with Crippen LogP contribution in [0.2, 0.25) is 0 Å². The molecule has 0 bridgehead atoms. The SMILES string of the molecule is CCCCC/C=C\C/C=C\C/C=C\CCCCCCCCC(=O)OC(COC(=O)CCCCCCCCC/C=C\C/C=C\CCCCCC)COC(=O)CCCCCCCCCCCCCCCCCCCCCCCCCCC. The van der Waals surface area contributed by atoms with E-state index in [1.807, 2.05) is 0 Å². The fraction of sp³-hybridized carbons (Fsp3) is 0.824. The third-order valence-corrected chi connectivity index (χ3v) is 15.7. The van der Waals surface area contributed by atoms with Crippen LogP contribution in [0, 0.1) is 0 Å².